The number of cyclic esters (lactones) is 1. The van der Waals surface area contributed by atoms with Crippen molar-refractivity contribution >= 4 is 24.0 Å². The van der Waals surface area contributed by atoms with Crippen LogP contribution < -0.4 is 9.47 Å². The summed E-state index contributed by atoms with van der Waals surface area (Å²) >= 11 is 0. The molecule has 0 N–H and O–H groups in total. The molecule has 5 nitrogen and oxygen atoms in total. The Morgan fingerprint density at radius 1 is 0.852 bits per heavy atom. The lowest BCUT2D eigenvalue weighted by atomic mass is 10.2. The van der Waals surface area contributed by atoms with Crippen molar-refractivity contribution in [3.63, 3.8) is 0 Å². The average Bonchev–Trinajstić information content (AvgIpc) is 3.06. The number of hydrogen-bond acceptors (Lipinski definition) is 5. The summed E-state index contributed by atoms with van der Waals surface area (Å²) in [6.07, 6.45) is 8.62. The fourth-order valence-electron chi connectivity index (χ4n) is 2.52. The van der Waals surface area contributed by atoms with Crippen LogP contribution >= 0.6 is 0 Å². The third-order valence-corrected chi connectivity index (χ3v) is 3.85. The zero-order chi connectivity index (χ0) is 19.1. The zero-order valence-corrected chi connectivity index (χ0v) is 15.1. The van der Waals surface area contributed by atoms with Gasteiger partial charge in [0.1, 0.15) is 11.5 Å². The number of esters is 1. The minimum absolute atomic E-state index is 0.237. The number of nitrogens with zero attached hydrogens (tertiary/aromatic N) is 1. The molecule has 2 aromatic carbocycles. The van der Waals surface area contributed by atoms with Crippen LogP contribution in [0.2, 0.25) is 0 Å². The van der Waals surface area contributed by atoms with Crippen LogP contribution in [0, 0.1) is 0 Å². The highest BCUT2D eigenvalue weighted by atomic mass is 16.6. The summed E-state index contributed by atoms with van der Waals surface area (Å²) in [5, 5.41) is 0. The second kappa shape index (κ2) is 8.67. The van der Waals surface area contributed by atoms with E-state index in [2.05, 4.69) is 4.99 Å². The van der Waals surface area contributed by atoms with Gasteiger partial charge in [-0.05, 0) is 24.3 Å². The molecule has 0 aliphatic carbocycles. The molecular weight excluding hydrogens is 342 g/mol. The van der Waals surface area contributed by atoms with E-state index in [4.69, 9.17) is 14.2 Å². The first-order chi connectivity index (χ1) is 13.2. The molecule has 0 unspecified atom stereocenters. The lowest BCUT2D eigenvalue weighted by Crippen LogP contribution is -2.01. The first-order valence-electron chi connectivity index (χ1n) is 8.34. The van der Waals surface area contributed by atoms with Gasteiger partial charge in [-0.1, -0.05) is 48.6 Å². The maximum atomic E-state index is 12.0. The Balaban J connectivity index is 1.75. The highest BCUT2D eigenvalue weighted by Crippen LogP contribution is 2.21. The van der Waals surface area contributed by atoms with Gasteiger partial charge in [-0.2, -0.15) is 0 Å². The van der Waals surface area contributed by atoms with E-state index >= 15 is 0 Å². The predicted molar refractivity (Wildman–Crippen MR) is 106 cm³/mol. The standard InChI is InChI=1S/C22H19NO4/c1-25-19-12-5-3-8-16(19)10-7-11-18-22(24)27-21(23-18)15-14-17-9-4-6-13-20(17)26-2/h3-15H,1-2H3. The number of ether oxygens (including phenoxy) is 3. The Kier molecular flexibility index (Phi) is 5.84. The molecule has 0 amide bonds. The van der Waals surface area contributed by atoms with E-state index in [-0.39, 0.29) is 11.6 Å². The molecule has 0 saturated heterocycles. The van der Waals surface area contributed by atoms with Gasteiger partial charge < -0.3 is 14.2 Å². The smallest absolute Gasteiger partial charge is 0.363 e. The number of para-hydroxylation sites is 2. The lowest BCUT2D eigenvalue weighted by molar-refractivity contribution is -0.129. The maximum Gasteiger partial charge on any atom is 0.363 e. The highest BCUT2D eigenvalue weighted by Gasteiger charge is 2.20. The number of methoxy groups -OCH3 is 2. The minimum atomic E-state index is -0.487. The van der Waals surface area contributed by atoms with Crippen LogP contribution in [0.5, 0.6) is 11.5 Å². The number of rotatable bonds is 6. The molecular formula is C22H19NO4. The van der Waals surface area contributed by atoms with E-state index in [0.29, 0.717) is 0 Å². The van der Waals surface area contributed by atoms with Gasteiger partial charge >= 0.3 is 5.97 Å². The van der Waals surface area contributed by atoms with Crippen molar-refractivity contribution in [2.45, 2.75) is 0 Å². The second-order valence-electron chi connectivity index (χ2n) is 5.57. The molecule has 1 aliphatic heterocycles. The molecule has 0 fully saturated rings. The predicted octanol–water partition coefficient (Wildman–Crippen LogP) is 4.27. The minimum Gasteiger partial charge on any atom is -0.496 e. The molecule has 27 heavy (non-hydrogen) atoms. The number of carbonyl (C=O) groups is 1. The fraction of sp³-hybridized carbons (Fsp3) is 0.0909. The molecule has 0 aromatic heterocycles. The largest absolute Gasteiger partial charge is 0.496 e. The van der Waals surface area contributed by atoms with Gasteiger partial charge in [-0.15, -0.1) is 0 Å². The maximum absolute atomic E-state index is 12.0. The first-order valence-corrected chi connectivity index (χ1v) is 8.34. The molecule has 0 atom stereocenters. The molecule has 3 rings (SSSR count). The number of allylic oxidation sites excluding steroid dienone is 2. The van der Waals surface area contributed by atoms with E-state index in [9.17, 15) is 4.79 Å². The van der Waals surface area contributed by atoms with Crippen molar-refractivity contribution in [3.8, 4) is 11.5 Å². The molecule has 0 radical (unpaired) electrons. The Bertz CT molecular complexity index is 954. The molecule has 5 heteroatoms. The van der Waals surface area contributed by atoms with Gasteiger partial charge in [-0.3, -0.25) is 0 Å². The van der Waals surface area contributed by atoms with E-state index in [1.165, 1.54) is 0 Å². The number of carbonyl (C=O) groups excluding carboxylic acids is 1. The molecule has 2 aromatic rings. The summed E-state index contributed by atoms with van der Waals surface area (Å²) in [5.41, 5.74) is 2.01. The third kappa shape index (κ3) is 4.52. The monoisotopic (exact) mass is 361 g/mol. The highest BCUT2D eigenvalue weighted by molar-refractivity contribution is 6.10. The van der Waals surface area contributed by atoms with E-state index in [1.54, 1.807) is 38.5 Å². The van der Waals surface area contributed by atoms with Crippen molar-refractivity contribution in [2.24, 2.45) is 4.99 Å². The molecule has 136 valence electrons. The second-order valence-corrected chi connectivity index (χ2v) is 5.57. The van der Waals surface area contributed by atoms with E-state index < -0.39 is 5.97 Å². The molecule has 0 saturated carbocycles. The topological polar surface area (TPSA) is 57.1 Å². The normalized spacial score (nSPS) is 15.4. The van der Waals surface area contributed by atoms with Crippen LogP contribution in [0.3, 0.4) is 0 Å². The zero-order valence-electron chi connectivity index (χ0n) is 15.1. The Morgan fingerprint density at radius 2 is 1.44 bits per heavy atom. The van der Waals surface area contributed by atoms with Gasteiger partial charge in [-0.25, -0.2) is 9.79 Å². The van der Waals surface area contributed by atoms with Crippen molar-refractivity contribution in [2.75, 3.05) is 14.2 Å². The van der Waals surface area contributed by atoms with E-state index in [1.807, 2.05) is 54.6 Å². The van der Waals surface area contributed by atoms with Crippen molar-refractivity contribution in [1.82, 2.24) is 0 Å². The Morgan fingerprint density at radius 3 is 2.07 bits per heavy atom. The first kappa shape index (κ1) is 18.2. The lowest BCUT2D eigenvalue weighted by Gasteiger charge is -2.02. The number of benzene rings is 2. The Labute approximate surface area is 157 Å². The SMILES string of the molecule is COc1ccccc1C=CC=C1N=C(C=Cc2ccccc2OC)OC1=O. The van der Waals surface area contributed by atoms with Gasteiger partial charge in [0, 0.05) is 17.2 Å². The van der Waals surface area contributed by atoms with Crippen LogP contribution in [0.25, 0.3) is 12.2 Å². The quantitative estimate of drug-likeness (QED) is 0.569. The summed E-state index contributed by atoms with van der Waals surface area (Å²) < 4.78 is 15.7. The summed E-state index contributed by atoms with van der Waals surface area (Å²) in [7, 11) is 3.22. The van der Waals surface area contributed by atoms with Crippen molar-refractivity contribution in [1.29, 1.82) is 0 Å². The summed E-state index contributed by atoms with van der Waals surface area (Å²) in [6, 6.07) is 15.2. The van der Waals surface area contributed by atoms with Gasteiger partial charge in [0.2, 0.25) is 5.90 Å². The summed E-state index contributed by atoms with van der Waals surface area (Å²) in [6.45, 7) is 0. The van der Waals surface area contributed by atoms with Crippen LogP contribution in [-0.4, -0.2) is 26.1 Å². The van der Waals surface area contributed by atoms with Crippen molar-refractivity contribution in [3.05, 3.63) is 83.6 Å². The number of hydrogen-bond donors (Lipinski definition) is 0. The van der Waals surface area contributed by atoms with Crippen molar-refractivity contribution < 1.29 is 19.0 Å². The van der Waals surface area contributed by atoms with Gasteiger partial charge in [0.05, 0.1) is 14.2 Å². The molecule has 1 heterocycles. The van der Waals surface area contributed by atoms with Crippen LogP contribution in [0.15, 0.2) is 77.4 Å². The Hall–Kier alpha value is -3.60. The van der Waals surface area contributed by atoms with Crippen LogP contribution in [0.1, 0.15) is 11.1 Å². The molecule has 0 bridgehead atoms. The van der Waals surface area contributed by atoms with Gasteiger partial charge in [0.15, 0.2) is 5.70 Å². The summed E-state index contributed by atoms with van der Waals surface area (Å²) in [5.74, 6) is 1.24. The van der Waals surface area contributed by atoms with E-state index in [0.717, 1.165) is 22.6 Å². The van der Waals surface area contributed by atoms with Gasteiger partial charge in [0.25, 0.3) is 0 Å². The van der Waals surface area contributed by atoms with Crippen LogP contribution in [0.4, 0.5) is 0 Å². The van der Waals surface area contributed by atoms with Crippen LogP contribution in [-0.2, 0) is 9.53 Å². The third-order valence-electron chi connectivity index (χ3n) is 3.85. The summed E-state index contributed by atoms with van der Waals surface area (Å²) in [4.78, 5) is 16.2. The number of aliphatic imine (C=N–C) groups is 1. The molecule has 1 aliphatic rings. The average molecular weight is 361 g/mol. The fourth-order valence-corrected chi connectivity index (χ4v) is 2.52. The molecule has 0 spiro atoms.